The number of hydrogen-bond acceptors (Lipinski definition) is 9. The molecule has 0 aliphatic heterocycles. The average molecular weight is 578 g/mol. The lowest BCUT2D eigenvalue weighted by molar-refractivity contribution is -0.154. The summed E-state index contributed by atoms with van der Waals surface area (Å²) in [4.78, 5) is 28.1. The first-order valence-corrected chi connectivity index (χ1v) is 15.0. The molecule has 41 heavy (non-hydrogen) atoms. The van der Waals surface area contributed by atoms with E-state index in [4.69, 9.17) is 14.2 Å². The number of para-hydroxylation sites is 1. The number of benzene rings is 2. The Morgan fingerprint density at radius 1 is 1.07 bits per heavy atom. The van der Waals surface area contributed by atoms with Crippen molar-refractivity contribution in [2.24, 2.45) is 5.92 Å². The zero-order valence-corrected chi connectivity index (χ0v) is 24.4. The normalized spacial score (nSPS) is 17.4. The van der Waals surface area contributed by atoms with Crippen LogP contribution < -0.4 is 15.6 Å². The first kappa shape index (κ1) is 30.3. The minimum atomic E-state index is -0.806. The minimum Gasteiger partial charge on any atom is -0.489 e. The maximum atomic E-state index is 11.9. The molecular formula is C32H39N3O5S. The summed E-state index contributed by atoms with van der Waals surface area (Å²) in [6.45, 7) is 9.43. The van der Waals surface area contributed by atoms with Crippen molar-refractivity contribution in [1.29, 1.82) is 0 Å². The molecule has 9 heteroatoms. The van der Waals surface area contributed by atoms with E-state index in [-0.39, 0.29) is 13.2 Å². The van der Waals surface area contributed by atoms with Crippen LogP contribution in [0.15, 0.2) is 67.8 Å². The van der Waals surface area contributed by atoms with Crippen LogP contribution in [0.25, 0.3) is 10.2 Å². The van der Waals surface area contributed by atoms with Gasteiger partial charge in [0.1, 0.15) is 19.0 Å². The van der Waals surface area contributed by atoms with Crippen molar-refractivity contribution in [1.82, 2.24) is 10.4 Å². The minimum absolute atomic E-state index is 0.00374. The van der Waals surface area contributed by atoms with Crippen LogP contribution in [-0.2, 0) is 25.6 Å². The Balaban J connectivity index is 1.46. The molecule has 1 aliphatic rings. The van der Waals surface area contributed by atoms with Crippen LogP contribution in [0.5, 0.6) is 5.75 Å². The second-order valence-electron chi connectivity index (χ2n) is 10.2. The standard InChI is InChI=1S/C32H39N3O5S/c1-4-9-22-12-14-23(15-13-22)24-16-17-28(38-20-26(40-31(37)6-3)21-39-30(36)5-2)25(18-24)19-33-35-32-34-27-10-7-8-11-29(27)41-32/h5-8,10-11,16-18,22-23,26,33H,2-4,9,12-15,19-21H2,1H3,(H,34,35). The summed E-state index contributed by atoms with van der Waals surface area (Å²) in [7, 11) is 0. The predicted octanol–water partition coefficient (Wildman–Crippen LogP) is 6.69. The van der Waals surface area contributed by atoms with Crippen LogP contribution in [0.3, 0.4) is 0 Å². The number of aromatic nitrogens is 1. The lowest BCUT2D eigenvalue weighted by Crippen LogP contribution is -2.30. The van der Waals surface area contributed by atoms with Gasteiger partial charge < -0.3 is 14.2 Å². The Hall–Kier alpha value is -3.69. The fraction of sp³-hybridized carbons (Fsp3) is 0.406. The zero-order valence-electron chi connectivity index (χ0n) is 23.6. The van der Waals surface area contributed by atoms with Gasteiger partial charge >= 0.3 is 11.9 Å². The summed E-state index contributed by atoms with van der Waals surface area (Å²) in [5, 5.41) is 0.777. The Bertz CT molecular complexity index is 1300. The molecule has 8 nitrogen and oxygen atoms in total. The van der Waals surface area contributed by atoms with Gasteiger partial charge in [0.15, 0.2) is 11.2 Å². The first-order chi connectivity index (χ1) is 20.0. The van der Waals surface area contributed by atoms with Crippen molar-refractivity contribution in [3.8, 4) is 5.75 Å². The molecule has 1 fully saturated rings. The summed E-state index contributed by atoms with van der Waals surface area (Å²) < 4.78 is 17.7. The average Bonchev–Trinajstić information content (AvgIpc) is 3.42. The van der Waals surface area contributed by atoms with E-state index in [2.05, 4.69) is 48.0 Å². The molecule has 3 aromatic rings. The summed E-state index contributed by atoms with van der Waals surface area (Å²) in [5.74, 6) is 0.788. The highest BCUT2D eigenvalue weighted by molar-refractivity contribution is 7.22. The van der Waals surface area contributed by atoms with Crippen LogP contribution in [0.4, 0.5) is 5.13 Å². The molecular weight excluding hydrogens is 538 g/mol. The van der Waals surface area contributed by atoms with Gasteiger partial charge in [-0.2, -0.15) is 0 Å². The second-order valence-corrected chi connectivity index (χ2v) is 11.3. The molecule has 0 amide bonds. The number of hydrogen-bond donors (Lipinski definition) is 2. The second kappa shape index (κ2) is 15.3. The molecule has 1 aliphatic carbocycles. The van der Waals surface area contributed by atoms with Crippen molar-refractivity contribution in [3.05, 3.63) is 78.9 Å². The topological polar surface area (TPSA) is 98.8 Å². The van der Waals surface area contributed by atoms with Gasteiger partial charge in [0, 0.05) is 24.3 Å². The number of nitrogens with one attached hydrogen (secondary N) is 2. The number of ether oxygens (including phenoxy) is 3. The largest absolute Gasteiger partial charge is 0.489 e. The van der Waals surface area contributed by atoms with Gasteiger partial charge in [-0.05, 0) is 61.3 Å². The predicted molar refractivity (Wildman–Crippen MR) is 163 cm³/mol. The molecule has 218 valence electrons. The van der Waals surface area contributed by atoms with Crippen molar-refractivity contribution in [3.63, 3.8) is 0 Å². The lowest BCUT2D eigenvalue weighted by Gasteiger charge is -2.29. The molecule has 0 radical (unpaired) electrons. The fourth-order valence-corrected chi connectivity index (χ4v) is 6.05. The highest BCUT2D eigenvalue weighted by atomic mass is 32.1. The Morgan fingerprint density at radius 3 is 2.59 bits per heavy atom. The monoisotopic (exact) mass is 577 g/mol. The lowest BCUT2D eigenvalue weighted by atomic mass is 9.77. The number of fused-ring (bicyclic) bond motifs is 1. The van der Waals surface area contributed by atoms with Crippen LogP contribution >= 0.6 is 11.3 Å². The Labute approximate surface area is 245 Å². The van der Waals surface area contributed by atoms with E-state index >= 15 is 0 Å². The SMILES string of the molecule is C=CC(=O)OCC(COc1ccc(C2CCC(CCC)CC2)cc1CNNc1nc2ccccc2s1)OC(=O)C=C. The number of carbonyl (C=O) groups excluding carboxylic acids is 2. The molecule has 0 saturated heterocycles. The molecule has 1 aromatic heterocycles. The van der Waals surface area contributed by atoms with Gasteiger partial charge in [-0.3, -0.25) is 5.43 Å². The van der Waals surface area contributed by atoms with Crippen LogP contribution in [-0.4, -0.2) is 36.2 Å². The maximum absolute atomic E-state index is 11.9. The van der Waals surface area contributed by atoms with E-state index in [1.807, 2.05) is 30.3 Å². The molecule has 1 unspecified atom stereocenters. The zero-order chi connectivity index (χ0) is 29.0. The van der Waals surface area contributed by atoms with Crippen LogP contribution in [0.1, 0.15) is 62.5 Å². The number of anilines is 1. The Morgan fingerprint density at radius 2 is 1.85 bits per heavy atom. The van der Waals surface area contributed by atoms with Gasteiger partial charge in [-0.25, -0.2) is 20.0 Å². The smallest absolute Gasteiger partial charge is 0.330 e. The number of rotatable bonds is 15. The van der Waals surface area contributed by atoms with Crippen molar-refractivity contribution < 1.29 is 23.8 Å². The molecule has 4 rings (SSSR count). The van der Waals surface area contributed by atoms with E-state index in [9.17, 15) is 9.59 Å². The van der Waals surface area contributed by atoms with E-state index in [0.29, 0.717) is 18.2 Å². The van der Waals surface area contributed by atoms with Gasteiger partial charge in [-0.15, -0.1) is 0 Å². The third kappa shape index (κ3) is 8.90. The van der Waals surface area contributed by atoms with E-state index in [1.165, 1.54) is 44.1 Å². The molecule has 1 saturated carbocycles. The number of hydrazine groups is 1. The summed E-state index contributed by atoms with van der Waals surface area (Å²) in [6, 6.07) is 14.3. The summed E-state index contributed by atoms with van der Waals surface area (Å²) in [5.41, 5.74) is 9.72. The molecule has 2 aromatic carbocycles. The van der Waals surface area contributed by atoms with Crippen molar-refractivity contribution in [2.75, 3.05) is 18.6 Å². The third-order valence-corrected chi connectivity index (χ3v) is 8.27. The van der Waals surface area contributed by atoms with Crippen LogP contribution in [0, 0.1) is 5.92 Å². The number of nitrogens with zero attached hydrogens (tertiary/aromatic N) is 1. The van der Waals surface area contributed by atoms with Crippen molar-refractivity contribution in [2.45, 2.75) is 64.0 Å². The number of thiazole rings is 1. The third-order valence-electron chi connectivity index (χ3n) is 7.32. The maximum Gasteiger partial charge on any atom is 0.330 e. The first-order valence-electron chi connectivity index (χ1n) is 14.2. The summed E-state index contributed by atoms with van der Waals surface area (Å²) in [6.07, 6.45) is 8.79. The number of carbonyl (C=O) groups is 2. The quantitative estimate of drug-likeness (QED) is 0.117. The fourth-order valence-electron chi connectivity index (χ4n) is 5.21. The summed E-state index contributed by atoms with van der Waals surface area (Å²) >= 11 is 1.58. The highest BCUT2D eigenvalue weighted by Gasteiger charge is 2.23. The van der Waals surface area contributed by atoms with Gasteiger partial charge in [0.25, 0.3) is 0 Å². The van der Waals surface area contributed by atoms with Gasteiger partial charge in [0.05, 0.1) is 10.2 Å². The molecule has 1 heterocycles. The van der Waals surface area contributed by atoms with Crippen molar-refractivity contribution >= 4 is 38.6 Å². The molecule has 0 bridgehead atoms. The van der Waals surface area contributed by atoms with Crippen LogP contribution in [0.2, 0.25) is 0 Å². The van der Waals surface area contributed by atoms with E-state index in [0.717, 1.165) is 39.0 Å². The Kier molecular flexibility index (Phi) is 11.3. The number of esters is 2. The highest BCUT2D eigenvalue weighted by Crippen LogP contribution is 2.38. The van der Waals surface area contributed by atoms with Gasteiger partial charge in [0.2, 0.25) is 0 Å². The van der Waals surface area contributed by atoms with Gasteiger partial charge in [-0.1, -0.05) is 68.5 Å². The van der Waals surface area contributed by atoms with E-state index < -0.39 is 18.0 Å². The molecule has 2 N–H and O–H groups in total. The van der Waals surface area contributed by atoms with E-state index in [1.54, 1.807) is 11.3 Å². The molecule has 1 atom stereocenters. The molecule has 0 spiro atoms.